The molecule has 1 atom stereocenters. The molecule has 0 saturated carbocycles. The first kappa shape index (κ1) is 29.5. The van der Waals surface area contributed by atoms with Gasteiger partial charge in [-0.1, -0.05) is 96.4 Å². The largest absolute Gasteiger partial charge is 0.494 e. The average molecular weight is 519 g/mol. The van der Waals surface area contributed by atoms with Crippen LogP contribution in [0.5, 0.6) is 11.5 Å². The molecule has 206 valence electrons. The maximum absolute atomic E-state index is 12.3. The third-order valence-corrected chi connectivity index (χ3v) is 6.94. The molecule has 0 saturated heterocycles. The Morgan fingerprint density at radius 3 is 2.26 bits per heavy atom. The van der Waals surface area contributed by atoms with Crippen LogP contribution in [-0.2, 0) is 11.3 Å². The second kappa shape index (κ2) is 16.8. The van der Waals surface area contributed by atoms with Gasteiger partial charge in [0.2, 0.25) is 0 Å². The van der Waals surface area contributed by atoms with Crippen LogP contribution in [0.1, 0.15) is 101 Å². The first-order valence-corrected chi connectivity index (χ1v) is 14.6. The molecule has 4 nitrogen and oxygen atoms in total. The second-order valence-electron chi connectivity index (χ2n) is 10.4. The molecule has 3 aromatic carbocycles. The van der Waals surface area contributed by atoms with Crippen molar-refractivity contribution >= 4 is 16.7 Å². The van der Waals surface area contributed by atoms with Gasteiger partial charge in [-0.15, -0.1) is 0 Å². The Balaban J connectivity index is 1.45. The third-order valence-electron chi connectivity index (χ3n) is 6.94. The van der Waals surface area contributed by atoms with E-state index in [1.54, 1.807) is 0 Å². The zero-order valence-electron chi connectivity index (χ0n) is 23.7. The highest BCUT2D eigenvalue weighted by Gasteiger charge is 2.10. The van der Waals surface area contributed by atoms with E-state index in [0.717, 1.165) is 53.7 Å². The fourth-order valence-corrected chi connectivity index (χ4v) is 4.65. The van der Waals surface area contributed by atoms with Crippen LogP contribution in [0.4, 0.5) is 0 Å². The summed E-state index contributed by atoms with van der Waals surface area (Å²) in [7, 11) is 0. The number of carbonyl (C=O) groups excluding carboxylic acids is 1. The second-order valence-corrected chi connectivity index (χ2v) is 10.4. The van der Waals surface area contributed by atoms with Crippen LogP contribution in [-0.4, -0.2) is 19.2 Å². The van der Waals surface area contributed by atoms with Gasteiger partial charge < -0.3 is 14.2 Å². The highest BCUT2D eigenvalue weighted by atomic mass is 16.5. The number of esters is 1. The minimum atomic E-state index is -0.269. The topological polar surface area (TPSA) is 44.8 Å². The fraction of sp³-hybridized carbons (Fsp3) is 0.500. The molecule has 0 radical (unpaired) electrons. The van der Waals surface area contributed by atoms with E-state index in [1.807, 2.05) is 42.5 Å². The van der Waals surface area contributed by atoms with E-state index in [1.165, 1.54) is 44.9 Å². The summed E-state index contributed by atoms with van der Waals surface area (Å²) in [4.78, 5) is 12.3. The Bertz CT molecular complexity index is 1090. The van der Waals surface area contributed by atoms with Crippen molar-refractivity contribution in [3.63, 3.8) is 0 Å². The first-order valence-electron chi connectivity index (χ1n) is 14.6. The summed E-state index contributed by atoms with van der Waals surface area (Å²) in [6.45, 7) is 8.16. The number of carbonyl (C=O) groups is 1. The number of hydrogen-bond acceptors (Lipinski definition) is 4. The van der Waals surface area contributed by atoms with Gasteiger partial charge in [-0.3, -0.25) is 0 Å². The SMILES string of the molecule is CCCCCCCCCCOc1ccc2c(OCc3ccc(C(=O)OC[C@H](C)CCC)cc3)cccc2c1. The molecule has 3 aromatic rings. The van der Waals surface area contributed by atoms with Crippen LogP contribution in [0.15, 0.2) is 60.7 Å². The number of fused-ring (bicyclic) bond motifs is 1. The van der Waals surface area contributed by atoms with E-state index in [-0.39, 0.29) is 5.97 Å². The zero-order chi connectivity index (χ0) is 27.0. The van der Waals surface area contributed by atoms with Crippen molar-refractivity contribution in [3.05, 3.63) is 71.8 Å². The quantitative estimate of drug-likeness (QED) is 0.124. The van der Waals surface area contributed by atoms with Crippen molar-refractivity contribution in [1.82, 2.24) is 0 Å². The summed E-state index contributed by atoms with van der Waals surface area (Å²) in [6, 6.07) is 19.8. The molecule has 0 spiro atoms. The number of ether oxygens (including phenoxy) is 3. The maximum atomic E-state index is 12.3. The van der Waals surface area contributed by atoms with Crippen LogP contribution >= 0.6 is 0 Å². The lowest BCUT2D eigenvalue weighted by Crippen LogP contribution is -2.12. The lowest BCUT2D eigenvalue weighted by atomic mass is 10.1. The van der Waals surface area contributed by atoms with Gasteiger partial charge in [0.1, 0.15) is 18.1 Å². The molecule has 0 aliphatic carbocycles. The summed E-state index contributed by atoms with van der Waals surface area (Å²) < 4.78 is 17.6. The fourth-order valence-electron chi connectivity index (χ4n) is 4.65. The molecule has 0 heterocycles. The highest BCUT2D eigenvalue weighted by Crippen LogP contribution is 2.29. The molecule has 0 unspecified atom stereocenters. The van der Waals surface area contributed by atoms with Crippen molar-refractivity contribution in [3.8, 4) is 11.5 Å². The first-order chi connectivity index (χ1) is 18.6. The van der Waals surface area contributed by atoms with Gasteiger partial charge in [-0.2, -0.15) is 0 Å². The van der Waals surface area contributed by atoms with Gasteiger partial charge in [0.15, 0.2) is 0 Å². The lowest BCUT2D eigenvalue weighted by molar-refractivity contribution is 0.0443. The normalized spacial score (nSPS) is 11.9. The molecule has 4 heteroatoms. The van der Waals surface area contributed by atoms with Gasteiger partial charge >= 0.3 is 5.97 Å². The summed E-state index contributed by atoms with van der Waals surface area (Å²) in [5.41, 5.74) is 1.57. The molecule has 3 rings (SSSR count). The van der Waals surface area contributed by atoms with E-state index in [9.17, 15) is 4.79 Å². The van der Waals surface area contributed by atoms with E-state index in [0.29, 0.717) is 24.7 Å². The van der Waals surface area contributed by atoms with Crippen molar-refractivity contribution in [2.24, 2.45) is 5.92 Å². The van der Waals surface area contributed by atoms with Crippen molar-refractivity contribution in [1.29, 1.82) is 0 Å². The van der Waals surface area contributed by atoms with Gasteiger partial charge in [-0.05, 0) is 66.1 Å². The van der Waals surface area contributed by atoms with E-state index in [4.69, 9.17) is 14.2 Å². The van der Waals surface area contributed by atoms with Crippen LogP contribution < -0.4 is 9.47 Å². The van der Waals surface area contributed by atoms with Crippen LogP contribution in [0.3, 0.4) is 0 Å². The van der Waals surface area contributed by atoms with Crippen molar-refractivity contribution < 1.29 is 19.0 Å². The number of benzene rings is 3. The summed E-state index contributed by atoms with van der Waals surface area (Å²) in [5.74, 6) is 1.86. The lowest BCUT2D eigenvalue weighted by Gasteiger charge is -2.12. The van der Waals surface area contributed by atoms with E-state index in [2.05, 4.69) is 39.0 Å². The highest BCUT2D eigenvalue weighted by molar-refractivity contribution is 5.90. The molecule has 0 bridgehead atoms. The summed E-state index contributed by atoms with van der Waals surface area (Å²) in [6.07, 6.45) is 12.5. The Kier molecular flexibility index (Phi) is 13.0. The predicted octanol–water partition coefficient (Wildman–Crippen LogP) is 9.53. The maximum Gasteiger partial charge on any atom is 0.338 e. The molecule has 0 aliphatic heterocycles. The Morgan fingerprint density at radius 2 is 1.53 bits per heavy atom. The number of rotatable bonds is 18. The number of hydrogen-bond donors (Lipinski definition) is 0. The van der Waals surface area contributed by atoms with Crippen molar-refractivity contribution in [2.75, 3.05) is 13.2 Å². The smallest absolute Gasteiger partial charge is 0.338 e. The standard InChI is InChI=1S/C34H46O4/c1-4-6-7-8-9-10-11-12-23-36-31-21-22-32-30(24-31)15-13-16-33(32)37-26-28-17-19-29(20-18-28)34(35)38-25-27(3)14-5-2/h13,15-22,24,27H,4-12,14,23,25-26H2,1-3H3/t27-/m1/s1. The van der Waals surface area contributed by atoms with Gasteiger partial charge in [0.05, 0.1) is 18.8 Å². The summed E-state index contributed by atoms with van der Waals surface area (Å²) >= 11 is 0. The Morgan fingerprint density at radius 1 is 0.789 bits per heavy atom. The minimum Gasteiger partial charge on any atom is -0.494 e. The number of unbranched alkanes of at least 4 members (excludes halogenated alkanes) is 7. The molecule has 0 aromatic heterocycles. The molecule has 0 fully saturated rings. The zero-order valence-corrected chi connectivity index (χ0v) is 23.7. The molecular formula is C34H46O4. The summed E-state index contributed by atoms with van der Waals surface area (Å²) in [5, 5.41) is 2.17. The monoisotopic (exact) mass is 518 g/mol. The van der Waals surface area contributed by atoms with Gasteiger partial charge in [0, 0.05) is 5.39 Å². The van der Waals surface area contributed by atoms with Gasteiger partial charge in [-0.25, -0.2) is 4.79 Å². The van der Waals surface area contributed by atoms with Crippen LogP contribution in [0.25, 0.3) is 10.8 Å². The minimum absolute atomic E-state index is 0.269. The van der Waals surface area contributed by atoms with Gasteiger partial charge in [0.25, 0.3) is 0 Å². The molecule has 0 amide bonds. The molecular weight excluding hydrogens is 472 g/mol. The Hall–Kier alpha value is -3.01. The van der Waals surface area contributed by atoms with Crippen LogP contribution in [0, 0.1) is 5.92 Å². The van der Waals surface area contributed by atoms with E-state index >= 15 is 0 Å². The molecule has 38 heavy (non-hydrogen) atoms. The predicted molar refractivity (Wildman–Crippen MR) is 157 cm³/mol. The molecule has 0 aliphatic rings. The molecule has 0 N–H and O–H groups in total. The third kappa shape index (κ3) is 10.0. The van der Waals surface area contributed by atoms with E-state index < -0.39 is 0 Å². The van der Waals surface area contributed by atoms with Crippen LogP contribution in [0.2, 0.25) is 0 Å². The Labute approximate surface area is 229 Å². The van der Waals surface area contributed by atoms with Crippen molar-refractivity contribution in [2.45, 2.75) is 91.6 Å². The average Bonchev–Trinajstić information content (AvgIpc) is 2.94.